The lowest BCUT2D eigenvalue weighted by molar-refractivity contribution is 0.0751. The van der Waals surface area contributed by atoms with Crippen LogP contribution in [-0.2, 0) is 4.74 Å². The summed E-state index contributed by atoms with van der Waals surface area (Å²) in [6.45, 7) is 6.64. The molecule has 1 aliphatic heterocycles. The minimum absolute atomic E-state index is 0.0743. The molecule has 1 fully saturated rings. The number of nitrogens with zero attached hydrogens (tertiary/aromatic N) is 2. The number of carbonyl (C=O) groups is 1. The zero-order valence-electron chi connectivity index (χ0n) is 12.3. The first-order valence-corrected chi connectivity index (χ1v) is 6.95. The molecule has 0 N–H and O–H groups in total. The maximum absolute atomic E-state index is 11.8. The molecule has 5 nitrogen and oxygen atoms in total. The van der Waals surface area contributed by atoms with Crippen molar-refractivity contribution in [3.63, 3.8) is 0 Å². The van der Waals surface area contributed by atoms with Crippen molar-refractivity contribution in [1.29, 1.82) is 0 Å². The largest absolute Gasteiger partial charge is 0.495 e. The molecule has 0 aliphatic carbocycles. The number of ether oxygens (including phenoxy) is 2. The van der Waals surface area contributed by atoms with Gasteiger partial charge in [-0.3, -0.25) is 0 Å². The molecule has 1 saturated heterocycles. The fourth-order valence-electron chi connectivity index (χ4n) is 2.30. The normalized spacial score (nSPS) is 15.4. The summed E-state index contributed by atoms with van der Waals surface area (Å²) in [5.74, 6) is 0.866. The predicted molar refractivity (Wildman–Crippen MR) is 78.4 cm³/mol. The summed E-state index contributed by atoms with van der Waals surface area (Å²) in [5.41, 5.74) is 1.08. The van der Waals surface area contributed by atoms with Gasteiger partial charge < -0.3 is 19.3 Å². The van der Waals surface area contributed by atoms with E-state index in [0.717, 1.165) is 24.5 Å². The molecule has 5 heteroatoms. The van der Waals surface area contributed by atoms with Crippen molar-refractivity contribution in [2.24, 2.45) is 0 Å². The molecule has 0 spiro atoms. The maximum Gasteiger partial charge on any atom is 0.410 e. The molecule has 0 saturated carbocycles. The summed E-state index contributed by atoms with van der Waals surface area (Å²) >= 11 is 0. The van der Waals surface area contributed by atoms with E-state index in [0.29, 0.717) is 13.1 Å². The van der Waals surface area contributed by atoms with Gasteiger partial charge in [-0.05, 0) is 26.0 Å². The Hall–Kier alpha value is -1.91. The molecule has 0 unspecified atom stereocenters. The molecular weight excluding hydrogens is 256 g/mol. The van der Waals surface area contributed by atoms with Gasteiger partial charge in [-0.1, -0.05) is 12.1 Å². The van der Waals surface area contributed by atoms with Crippen LogP contribution in [0.15, 0.2) is 24.3 Å². The van der Waals surface area contributed by atoms with E-state index in [1.165, 1.54) is 0 Å². The number of methoxy groups -OCH3 is 1. The van der Waals surface area contributed by atoms with Crippen LogP contribution in [0.2, 0.25) is 0 Å². The van der Waals surface area contributed by atoms with Crippen molar-refractivity contribution in [3.05, 3.63) is 24.3 Å². The highest BCUT2D eigenvalue weighted by Gasteiger charge is 2.24. The van der Waals surface area contributed by atoms with Crippen LogP contribution in [0, 0.1) is 0 Å². The van der Waals surface area contributed by atoms with Crippen molar-refractivity contribution in [1.82, 2.24) is 4.90 Å². The standard InChI is InChI=1S/C15H22N2O3/c1-12(2)20-15(18)17-10-8-16(9-11-17)13-6-4-5-7-14(13)19-3/h4-7,12H,8-11H2,1-3H3. The van der Waals surface area contributed by atoms with Crippen LogP contribution in [0.25, 0.3) is 0 Å². The van der Waals surface area contributed by atoms with E-state index in [-0.39, 0.29) is 12.2 Å². The lowest BCUT2D eigenvalue weighted by Gasteiger charge is -2.36. The van der Waals surface area contributed by atoms with Gasteiger partial charge in [0.1, 0.15) is 5.75 Å². The second-order valence-electron chi connectivity index (χ2n) is 5.08. The molecule has 1 heterocycles. The number of anilines is 1. The van der Waals surface area contributed by atoms with Gasteiger partial charge in [0, 0.05) is 26.2 Å². The number of rotatable bonds is 3. The van der Waals surface area contributed by atoms with Crippen molar-refractivity contribution in [2.75, 3.05) is 38.2 Å². The Bertz CT molecular complexity index is 454. The molecule has 0 atom stereocenters. The third-order valence-corrected chi connectivity index (χ3v) is 3.30. The third kappa shape index (κ3) is 3.35. The first-order chi connectivity index (χ1) is 9.61. The number of benzene rings is 1. The van der Waals surface area contributed by atoms with Crippen LogP contribution in [-0.4, -0.2) is 50.4 Å². The van der Waals surface area contributed by atoms with Gasteiger partial charge in [0.15, 0.2) is 0 Å². The van der Waals surface area contributed by atoms with Gasteiger partial charge in [0.05, 0.1) is 18.9 Å². The summed E-state index contributed by atoms with van der Waals surface area (Å²) < 4.78 is 10.6. The van der Waals surface area contributed by atoms with Crippen LogP contribution >= 0.6 is 0 Å². The Kier molecular flexibility index (Phi) is 4.71. The van der Waals surface area contributed by atoms with Crippen LogP contribution < -0.4 is 9.64 Å². The zero-order chi connectivity index (χ0) is 14.5. The molecule has 0 radical (unpaired) electrons. The van der Waals surface area contributed by atoms with Crippen molar-refractivity contribution in [3.8, 4) is 5.75 Å². The molecular formula is C15H22N2O3. The average molecular weight is 278 g/mol. The van der Waals surface area contributed by atoms with Gasteiger partial charge >= 0.3 is 6.09 Å². The second kappa shape index (κ2) is 6.50. The number of hydrogen-bond acceptors (Lipinski definition) is 4. The molecule has 110 valence electrons. The first kappa shape index (κ1) is 14.5. The van der Waals surface area contributed by atoms with Gasteiger partial charge in [0.25, 0.3) is 0 Å². The minimum Gasteiger partial charge on any atom is -0.495 e. The molecule has 1 aliphatic rings. The fraction of sp³-hybridized carbons (Fsp3) is 0.533. The number of carbonyl (C=O) groups excluding carboxylic acids is 1. The van der Waals surface area contributed by atoms with Crippen LogP contribution in [0.5, 0.6) is 5.75 Å². The fourth-order valence-corrected chi connectivity index (χ4v) is 2.30. The van der Waals surface area contributed by atoms with Gasteiger partial charge in [-0.15, -0.1) is 0 Å². The van der Waals surface area contributed by atoms with Gasteiger partial charge in [-0.25, -0.2) is 4.79 Å². The van der Waals surface area contributed by atoms with Gasteiger partial charge in [0.2, 0.25) is 0 Å². The summed E-state index contributed by atoms with van der Waals surface area (Å²) in [6, 6.07) is 7.95. The Morgan fingerprint density at radius 2 is 1.80 bits per heavy atom. The average Bonchev–Trinajstić information content (AvgIpc) is 2.46. The summed E-state index contributed by atoms with van der Waals surface area (Å²) in [7, 11) is 1.68. The molecule has 20 heavy (non-hydrogen) atoms. The van der Waals surface area contributed by atoms with E-state index in [2.05, 4.69) is 4.90 Å². The lowest BCUT2D eigenvalue weighted by atomic mass is 10.2. The number of hydrogen-bond donors (Lipinski definition) is 0. The predicted octanol–water partition coefficient (Wildman–Crippen LogP) is 2.36. The Labute approximate surface area is 120 Å². The Balaban J connectivity index is 1.96. The SMILES string of the molecule is COc1ccccc1N1CCN(C(=O)OC(C)C)CC1. The highest BCUT2D eigenvalue weighted by atomic mass is 16.6. The molecule has 1 amide bonds. The Morgan fingerprint density at radius 3 is 2.40 bits per heavy atom. The van der Waals surface area contributed by atoms with E-state index < -0.39 is 0 Å². The molecule has 1 aromatic carbocycles. The van der Waals surface area contributed by atoms with Crippen LogP contribution in [0.3, 0.4) is 0 Å². The van der Waals surface area contributed by atoms with E-state index >= 15 is 0 Å². The summed E-state index contributed by atoms with van der Waals surface area (Å²) in [6.07, 6.45) is -0.297. The highest BCUT2D eigenvalue weighted by molar-refractivity contribution is 5.68. The summed E-state index contributed by atoms with van der Waals surface area (Å²) in [5, 5.41) is 0. The van der Waals surface area contributed by atoms with Crippen molar-refractivity contribution in [2.45, 2.75) is 20.0 Å². The minimum atomic E-state index is -0.223. The maximum atomic E-state index is 11.8. The monoisotopic (exact) mass is 278 g/mol. The zero-order valence-corrected chi connectivity index (χ0v) is 12.3. The van der Waals surface area contributed by atoms with Crippen molar-refractivity contribution >= 4 is 11.8 Å². The second-order valence-corrected chi connectivity index (χ2v) is 5.08. The molecule has 2 rings (SSSR count). The molecule has 0 bridgehead atoms. The van der Waals surface area contributed by atoms with E-state index in [4.69, 9.17) is 9.47 Å². The van der Waals surface area contributed by atoms with Crippen molar-refractivity contribution < 1.29 is 14.3 Å². The highest BCUT2D eigenvalue weighted by Crippen LogP contribution is 2.28. The van der Waals surface area contributed by atoms with Gasteiger partial charge in [-0.2, -0.15) is 0 Å². The molecule has 0 aromatic heterocycles. The number of amides is 1. The van der Waals surface area contributed by atoms with E-state index in [1.54, 1.807) is 12.0 Å². The molecule has 1 aromatic rings. The quantitative estimate of drug-likeness (QED) is 0.851. The number of para-hydroxylation sites is 2. The Morgan fingerprint density at radius 1 is 1.15 bits per heavy atom. The first-order valence-electron chi connectivity index (χ1n) is 6.95. The lowest BCUT2D eigenvalue weighted by Crippen LogP contribution is -2.49. The number of piperazine rings is 1. The van der Waals surface area contributed by atoms with Crippen LogP contribution in [0.4, 0.5) is 10.5 Å². The third-order valence-electron chi connectivity index (χ3n) is 3.30. The van der Waals surface area contributed by atoms with E-state index in [9.17, 15) is 4.79 Å². The summed E-state index contributed by atoms with van der Waals surface area (Å²) in [4.78, 5) is 15.8. The smallest absolute Gasteiger partial charge is 0.410 e. The topological polar surface area (TPSA) is 42.0 Å². The van der Waals surface area contributed by atoms with Crippen LogP contribution in [0.1, 0.15) is 13.8 Å². The van der Waals surface area contributed by atoms with E-state index in [1.807, 2.05) is 38.1 Å².